The largest absolute Gasteiger partial charge is 0.457 e. The van der Waals surface area contributed by atoms with Gasteiger partial charge >= 0.3 is 24.1 Å². The Morgan fingerprint density at radius 1 is 1.06 bits per heavy atom. The number of cyclic esters (lactones) is 1. The molecule has 0 spiro atoms. The number of rotatable bonds is 12. The molecule has 11 unspecified atom stereocenters. The molecule has 0 aromatic heterocycles. The Kier molecular flexibility index (Phi) is 16.8. The summed E-state index contributed by atoms with van der Waals surface area (Å²) in [6.45, 7) is 15.9. The molecule has 0 bridgehead atoms. The van der Waals surface area contributed by atoms with Gasteiger partial charge in [0.15, 0.2) is 0 Å². The first kappa shape index (κ1) is 43.9. The van der Waals surface area contributed by atoms with E-state index in [1.54, 1.807) is 36.0 Å². The van der Waals surface area contributed by atoms with Crippen LogP contribution in [0, 0.1) is 17.8 Å². The lowest BCUT2D eigenvalue weighted by Gasteiger charge is -2.34. The van der Waals surface area contributed by atoms with Crippen LogP contribution in [0.2, 0.25) is 0 Å². The minimum atomic E-state index is -1.47. The molecular weight excluding hydrogens is 688 g/mol. The van der Waals surface area contributed by atoms with Crippen LogP contribution in [0.4, 0.5) is 9.59 Å². The molecule has 11 atom stereocenters. The third kappa shape index (κ3) is 12.8. The van der Waals surface area contributed by atoms with E-state index in [9.17, 15) is 29.4 Å². The number of amides is 2. The second-order valence-electron chi connectivity index (χ2n) is 14.7. The number of hydrogen-bond donors (Lipinski definition) is 2. The fraction of sp³-hybridized carbons (Fsp3) is 0.744. The second-order valence-corrected chi connectivity index (χ2v) is 14.7. The number of carbonyl (C=O) groups is 4. The molecule has 2 N–H and O–H groups in total. The van der Waals surface area contributed by atoms with E-state index >= 15 is 0 Å². The van der Waals surface area contributed by atoms with Crippen LogP contribution in [0.1, 0.15) is 81.1 Å². The van der Waals surface area contributed by atoms with Crippen LogP contribution in [0.15, 0.2) is 36.0 Å². The van der Waals surface area contributed by atoms with Gasteiger partial charge in [-0.15, -0.1) is 0 Å². The number of ether oxygens (including phenoxy) is 6. The van der Waals surface area contributed by atoms with Crippen molar-refractivity contribution in [2.24, 2.45) is 17.8 Å². The fourth-order valence-electron chi connectivity index (χ4n) is 6.96. The Hall–Kier alpha value is -3.46. The second kappa shape index (κ2) is 20.3. The van der Waals surface area contributed by atoms with Crippen LogP contribution in [-0.2, 0) is 38.0 Å². The summed E-state index contributed by atoms with van der Waals surface area (Å²) in [5.41, 5.74) is -0.764. The molecule has 14 heteroatoms. The van der Waals surface area contributed by atoms with Gasteiger partial charge < -0.3 is 48.4 Å². The minimum absolute atomic E-state index is 0.0185. The number of piperazine rings is 1. The average molecular weight is 751 g/mol. The summed E-state index contributed by atoms with van der Waals surface area (Å²) in [5.74, 6) is -1.74. The maximum absolute atomic E-state index is 13.5. The molecule has 3 aliphatic rings. The SMILES string of the molecule is CCOC(=O)N1CCN(C(=O)OC(C(C)/C=C/C=C(\C)C2OC(=O)CC(O)CCC(C)(O)C(OC(C)=O)/C=C/C2C)C2OC2C(C)C(CC)OC)CC1. The molecule has 2 saturated heterocycles. The third-order valence-corrected chi connectivity index (χ3v) is 10.4. The van der Waals surface area contributed by atoms with Gasteiger partial charge in [0.2, 0.25) is 0 Å². The summed E-state index contributed by atoms with van der Waals surface area (Å²) in [4.78, 5) is 53.5. The van der Waals surface area contributed by atoms with E-state index in [4.69, 9.17) is 28.4 Å². The molecular formula is C39H62N2O12. The molecule has 0 aromatic rings. The van der Waals surface area contributed by atoms with E-state index in [1.807, 2.05) is 39.0 Å². The van der Waals surface area contributed by atoms with Crippen molar-refractivity contribution in [2.75, 3.05) is 39.9 Å². The first-order valence-electron chi connectivity index (χ1n) is 18.9. The van der Waals surface area contributed by atoms with Crippen molar-refractivity contribution >= 4 is 24.1 Å². The normalized spacial score (nSPS) is 31.6. The Morgan fingerprint density at radius 2 is 1.70 bits per heavy atom. The standard InChI is InChI=1S/C39H62N2O12/c1-10-30(48-9)27(6)35-36(52-35)34(53-38(46)41-21-19-40(20-22-41)37(45)49-11-2)25(4)14-12-13-24(3)33-26(5)15-16-31(50-28(7)42)39(8,47)18-17-29(43)23-32(44)51-33/h12-16,25-27,29-31,33-36,43,47H,10-11,17-23H2,1-9H3/b14-12+,16-15+,24-13+. The highest BCUT2D eigenvalue weighted by Gasteiger charge is 2.53. The zero-order valence-corrected chi connectivity index (χ0v) is 32.9. The lowest BCUT2D eigenvalue weighted by molar-refractivity contribution is -0.157. The molecule has 14 nitrogen and oxygen atoms in total. The van der Waals surface area contributed by atoms with E-state index in [-0.39, 0.29) is 61.9 Å². The maximum Gasteiger partial charge on any atom is 0.410 e. The van der Waals surface area contributed by atoms with Gasteiger partial charge in [0, 0.05) is 58.0 Å². The van der Waals surface area contributed by atoms with Gasteiger partial charge in [-0.25, -0.2) is 9.59 Å². The van der Waals surface area contributed by atoms with Crippen molar-refractivity contribution in [2.45, 2.75) is 129 Å². The highest BCUT2D eigenvalue weighted by Crippen LogP contribution is 2.39. The number of hydrogen-bond acceptors (Lipinski definition) is 12. The molecule has 0 saturated carbocycles. The van der Waals surface area contributed by atoms with E-state index in [0.717, 1.165) is 6.42 Å². The summed E-state index contributed by atoms with van der Waals surface area (Å²) >= 11 is 0. The van der Waals surface area contributed by atoms with E-state index in [1.165, 1.54) is 13.8 Å². The number of methoxy groups -OCH3 is 1. The van der Waals surface area contributed by atoms with Gasteiger partial charge in [-0.1, -0.05) is 52.0 Å². The molecule has 2 amide bonds. The summed E-state index contributed by atoms with van der Waals surface area (Å²) in [6.07, 6.45) is 4.87. The van der Waals surface area contributed by atoms with Crippen LogP contribution in [-0.4, -0.2) is 132 Å². The van der Waals surface area contributed by atoms with Gasteiger partial charge in [0.05, 0.1) is 31.3 Å². The summed E-state index contributed by atoms with van der Waals surface area (Å²) < 4.78 is 34.4. The average Bonchev–Trinajstić information content (AvgIpc) is 3.91. The Labute approximate surface area is 314 Å². The van der Waals surface area contributed by atoms with Gasteiger partial charge in [0.25, 0.3) is 0 Å². The third-order valence-electron chi connectivity index (χ3n) is 10.4. The number of carbonyl (C=O) groups excluding carboxylic acids is 4. The van der Waals surface area contributed by atoms with E-state index in [2.05, 4.69) is 13.8 Å². The topological polar surface area (TPSA) is 174 Å². The molecule has 53 heavy (non-hydrogen) atoms. The minimum Gasteiger partial charge on any atom is -0.457 e. The number of aliphatic hydroxyl groups excluding tert-OH is 1. The number of aliphatic hydroxyl groups is 2. The Morgan fingerprint density at radius 3 is 2.28 bits per heavy atom. The lowest BCUT2D eigenvalue weighted by atomic mass is 9.88. The first-order chi connectivity index (χ1) is 25.0. The number of esters is 2. The van der Waals surface area contributed by atoms with Gasteiger partial charge in [-0.2, -0.15) is 0 Å². The zero-order valence-electron chi connectivity index (χ0n) is 32.9. The molecule has 3 rings (SSSR count). The molecule has 2 fully saturated rings. The molecule has 0 radical (unpaired) electrons. The zero-order chi connectivity index (χ0) is 39.5. The highest BCUT2D eigenvalue weighted by atomic mass is 16.6. The fourth-order valence-corrected chi connectivity index (χ4v) is 6.96. The molecule has 3 aliphatic heterocycles. The smallest absolute Gasteiger partial charge is 0.410 e. The number of nitrogens with zero attached hydrogens (tertiary/aromatic N) is 2. The first-order valence-corrected chi connectivity index (χ1v) is 18.9. The molecule has 0 aromatic carbocycles. The van der Waals surface area contributed by atoms with Gasteiger partial charge in [0.1, 0.15) is 30.0 Å². The molecule has 300 valence electrons. The summed E-state index contributed by atoms with van der Waals surface area (Å²) in [6, 6.07) is 0. The van der Waals surface area contributed by atoms with Crippen molar-refractivity contribution in [3.63, 3.8) is 0 Å². The molecule has 3 heterocycles. The van der Waals surface area contributed by atoms with Crippen molar-refractivity contribution in [3.05, 3.63) is 36.0 Å². The highest BCUT2D eigenvalue weighted by molar-refractivity contribution is 5.71. The van der Waals surface area contributed by atoms with Crippen LogP contribution >= 0.6 is 0 Å². The monoisotopic (exact) mass is 750 g/mol. The quantitative estimate of drug-likeness (QED) is 0.0937. The number of epoxide rings is 1. The van der Waals surface area contributed by atoms with Gasteiger partial charge in [-0.3, -0.25) is 9.59 Å². The maximum atomic E-state index is 13.5. The predicted octanol–water partition coefficient (Wildman–Crippen LogP) is 4.56. The van der Waals surface area contributed by atoms with Crippen LogP contribution in [0.25, 0.3) is 0 Å². The van der Waals surface area contributed by atoms with Crippen molar-refractivity contribution in [1.82, 2.24) is 9.80 Å². The Balaban J connectivity index is 1.81. The summed E-state index contributed by atoms with van der Waals surface area (Å²) in [7, 11) is 1.68. The van der Waals surface area contributed by atoms with E-state index < -0.39 is 54.1 Å². The summed E-state index contributed by atoms with van der Waals surface area (Å²) in [5, 5.41) is 21.6. The molecule has 0 aliphatic carbocycles. The van der Waals surface area contributed by atoms with Crippen LogP contribution in [0.5, 0.6) is 0 Å². The Bertz CT molecular complexity index is 1320. The van der Waals surface area contributed by atoms with Crippen LogP contribution < -0.4 is 0 Å². The lowest BCUT2D eigenvalue weighted by Crippen LogP contribution is -2.51. The van der Waals surface area contributed by atoms with E-state index in [0.29, 0.717) is 31.8 Å². The number of allylic oxidation sites excluding steroid dienone is 2. The van der Waals surface area contributed by atoms with Gasteiger partial charge in [-0.05, 0) is 51.7 Å². The van der Waals surface area contributed by atoms with Crippen molar-refractivity contribution < 1.29 is 57.8 Å². The predicted molar refractivity (Wildman–Crippen MR) is 196 cm³/mol. The van der Waals surface area contributed by atoms with Crippen LogP contribution in [0.3, 0.4) is 0 Å². The van der Waals surface area contributed by atoms with Crippen molar-refractivity contribution in [3.8, 4) is 0 Å². The van der Waals surface area contributed by atoms with Crippen molar-refractivity contribution in [1.29, 1.82) is 0 Å².